The summed E-state index contributed by atoms with van der Waals surface area (Å²) in [4.78, 5) is 25.7. The summed E-state index contributed by atoms with van der Waals surface area (Å²) in [5.74, 6) is 0.489. The van der Waals surface area contributed by atoms with Gasteiger partial charge in [0, 0.05) is 5.02 Å². The summed E-state index contributed by atoms with van der Waals surface area (Å²) in [6.07, 6.45) is 6.55. The second-order valence-electron chi connectivity index (χ2n) is 8.41. The minimum atomic E-state index is -0.265. The first-order valence-electron chi connectivity index (χ1n) is 10.9. The van der Waals surface area contributed by atoms with E-state index < -0.39 is 0 Å². The van der Waals surface area contributed by atoms with E-state index in [-0.39, 0.29) is 35.5 Å². The Morgan fingerprint density at radius 1 is 1.09 bits per heavy atom. The maximum absolute atomic E-state index is 12.8. The zero-order valence-corrected chi connectivity index (χ0v) is 20.3. The number of imide groups is 1. The van der Waals surface area contributed by atoms with E-state index in [1.165, 1.54) is 6.21 Å². The van der Waals surface area contributed by atoms with Gasteiger partial charge in [0.25, 0.3) is 11.8 Å². The van der Waals surface area contributed by atoms with E-state index in [2.05, 4.69) is 33.2 Å². The number of halogens is 2. The van der Waals surface area contributed by atoms with E-state index in [4.69, 9.17) is 21.1 Å². The molecule has 0 radical (unpaired) electrons. The molecule has 2 bridgehead atoms. The Hall–Kier alpha value is -2.64. The van der Waals surface area contributed by atoms with E-state index in [1.54, 1.807) is 6.07 Å². The van der Waals surface area contributed by atoms with Crippen LogP contribution in [0.2, 0.25) is 5.02 Å². The molecule has 0 unspecified atom stereocenters. The summed E-state index contributed by atoms with van der Waals surface area (Å²) in [5, 5.41) is 5.97. The number of fused-ring (bicyclic) bond motifs is 5. The Kier molecular flexibility index (Phi) is 6.01. The van der Waals surface area contributed by atoms with E-state index >= 15 is 0 Å². The summed E-state index contributed by atoms with van der Waals surface area (Å²) in [7, 11) is 0. The van der Waals surface area contributed by atoms with Crippen molar-refractivity contribution in [1.82, 2.24) is 5.01 Å². The molecule has 2 fully saturated rings. The zero-order valence-electron chi connectivity index (χ0n) is 17.9. The zero-order chi connectivity index (χ0) is 23.1. The van der Waals surface area contributed by atoms with Crippen LogP contribution in [0.1, 0.15) is 24.5 Å². The fourth-order valence-corrected chi connectivity index (χ4v) is 5.63. The van der Waals surface area contributed by atoms with Crippen LogP contribution in [0.3, 0.4) is 0 Å². The Balaban J connectivity index is 1.34. The maximum atomic E-state index is 12.8. The number of hydrogen-bond donors (Lipinski definition) is 0. The van der Waals surface area contributed by atoms with Gasteiger partial charge >= 0.3 is 0 Å². The minimum absolute atomic E-state index is 0.160. The third-order valence-corrected chi connectivity index (χ3v) is 7.24. The number of carbonyl (C=O) groups is 2. The van der Waals surface area contributed by atoms with E-state index in [9.17, 15) is 9.59 Å². The smallest absolute Gasteiger partial charge is 0.254 e. The molecule has 8 heteroatoms. The molecule has 1 saturated heterocycles. The summed E-state index contributed by atoms with van der Waals surface area (Å²) >= 11 is 9.50. The predicted octanol–water partition coefficient (Wildman–Crippen LogP) is 5.22. The topological polar surface area (TPSA) is 68.2 Å². The number of allylic oxidation sites excluding steroid dienone is 2. The number of hydrogen-bond acceptors (Lipinski definition) is 5. The molecule has 3 aliphatic rings. The Morgan fingerprint density at radius 3 is 2.39 bits per heavy atom. The summed E-state index contributed by atoms with van der Waals surface area (Å²) in [6.45, 7) is 2.69. The molecule has 0 N–H and O–H groups in total. The van der Waals surface area contributed by atoms with Crippen molar-refractivity contribution in [2.24, 2.45) is 28.8 Å². The van der Waals surface area contributed by atoms with Gasteiger partial charge in [0.15, 0.2) is 11.5 Å². The number of hydrazone groups is 1. The van der Waals surface area contributed by atoms with Gasteiger partial charge in [0.05, 0.1) is 29.1 Å². The summed E-state index contributed by atoms with van der Waals surface area (Å²) < 4.78 is 12.5. The number of nitrogens with zero attached hydrogens (tertiary/aromatic N) is 2. The standard InChI is InChI=1S/C25H22BrClN2O4/c1-2-32-20-10-15(9-19(26)23(20)33-13-14-3-7-18(27)8-4-14)12-28-29-24(30)21-16-5-6-17(11-16)22(21)25(29)31/h3-10,12,16-17,21-22H,2,11,13H2,1H3/t16-,17-,21-,22+/m0/s1. The summed E-state index contributed by atoms with van der Waals surface area (Å²) in [5.41, 5.74) is 1.65. The van der Waals surface area contributed by atoms with Crippen molar-refractivity contribution in [1.29, 1.82) is 0 Å². The minimum Gasteiger partial charge on any atom is -0.490 e. The molecule has 5 rings (SSSR count). The van der Waals surface area contributed by atoms with Gasteiger partial charge in [0.2, 0.25) is 0 Å². The van der Waals surface area contributed by atoms with Gasteiger partial charge in [-0.25, -0.2) is 0 Å². The molecule has 0 spiro atoms. The van der Waals surface area contributed by atoms with Crippen LogP contribution < -0.4 is 9.47 Å². The number of benzene rings is 2. The lowest BCUT2D eigenvalue weighted by Gasteiger charge is -2.15. The number of rotatable bonds is 7. The van der Waals surface area contributed by atoms with Crippen LogP contribution in [0.25, 0.3) is 0 Å². The highest BCUT2D eigenvalue weighted by Crippen LogP contribution is 2.52. The fourth-order valence-electron chi connectivity index (χ4n) is 4.93. The molecular weight excluding hydrogens is 508 g/mol. The van der Waals surface area contributed by atoms with E-state index in [1.807, 2.05) is 37.3 Å². The van der Waals surface area contributed by atoms with Gasteiger partial charge in [-0.3, -0.25) is 9.59 Å². The molecule has 170 valence electrons. The molecule has 2 aliphatic carbocycles. The fraction of sp³-hybridized carbons (Fsp3) is 0.320. The molecule has 2 aromatic carbocycles. The van der Waals surface area contributed by atoms with Gasteiger partial charge < -0.3 is 9.47 Å². The average Bonchev–Trinajstić information content (AvgIpc) is 3.47. The van der Waals surface area contributed by atoms with Gasteiger partial charge in [-0.05, 0) is 76.5 Å². The molecule has 2 amide bonds. The van der Waals surface area contributed by atoms with Gasteiger partial charge in [-0.15, -0.1) is 0 Å². The third kappa shape index (κ3) is 4.08. The number of ether oxygens (including phenoxy) is 2. The van der Waals surface area contributed by atoms with Crippen molar-refractivity contribution in [3.63, 3.8) is 0 Å². The summed E-state index contributed by atoms with van der Waals surface area (Å²) in [6, 6.07) is 11.0. The molecule has 33 heavy (non-hydrogen) atoms. The molecule has 0 aromatic heterocycles. The van der Waals surface area contributed by atoms with Crippen molar-refractivity contribution >= 4 is 45.6 Å². The lowest BCUT2D eigenvalue weighted by atomic mass is 9.85. The van der Waals surface area contributed by atoms with Crippen LogP contribution in [0.4, 0.5) is 0 Å². The van der Waals surface area contributed by atoms with Crippen molar-refractivity contribution in [3.05, 3.63) is 69.2 Å². The Bertz CT molecular complexity index is 1130. The first-order chi connectivity index (χ1) is 16.0. The number of amides is 2. The third-order valence-electron chi connectivity index (χ3n) is 6.40. The predicted molar refractivity (Wildman–Crippen MR) is 128 cm³/mol. The van der Waals surface area contributed by atoms with Crippen molar-refractivity contribution in [2.75, 3.05) is 6.61 Å². The van der Waals surface area contributed by atoms with Crippen molar-refractivity contribution in [2.45, 2.75) is 20.0 Å². The molecule has 1 aliphatic heterocycles. The molecule has 2 aromatic rings. The first kappa shape index (κ1) is 22.2. The largest absolute Gasteiger partial charge is 0.490 e. The number of carbonyl (C=O) groups excluding carboxylic acids is 2. The second-order valence-corrected chi connectivity index (χ2v) is 9.70. The molecule has 1 heterocycles. The Morgan fingerprint density at radius 2 is 1.76 bits per heavy atom. The second kappa shape index (κ2) is 8.95. The first-order valence-corrected chi connectivity index (χ1v) is 12.1. The highest BCUT2D eigenvalue weighted by molar-refractivity contribution is 9.10. The van der Waals surface area contributed by atoms with Crippen LogP contribution in [-0.4, -0.2) is 29.6 Å². The Labute approximate surface area is 205 Å². The van der Waals surface area contributed by atoms with Crippen LogP contribution in [0.5, 0.6) is 11.5 Å². The highest BCUT2D eigenvalue weighted by Gasteiger charge is 2.59. The lowest BCUT2D eigenvalue weighted by Crippen LogP contribution is -2.28. The van der Waals surface area contributed by atoms with Crippen LogP contribution in [0, 0.1) is 23.7 Å². The van der Waals surface area contributed by atoms with Crippen molar-refractivity contribution < 1.29 is 19.1 Å². The molecular formula is C25H22BrClN2O4. The molecule has 6 nitrogen and oxygen atoms in total. The maximum Gasteiger partial charge on any atom is 0.254 e. The van der Waals surface area contributed by atoms with Crippen LogP contribution in [0.15, 0.2) is 58.1 Å². The van der Waals surface area contributed by atoms with Crippen molar-refractivity contribution in [3.8, 4) is 11.5 Å². The van der Waals surface area contributed by atoms with Crippen LogP contribution in [-0.2, 0) is 16.2 Å². The van der Waals surface area contributed by atoms with E-state index in [0.717, 1.165) is 17.0 Å². The average molecular weight is 530 g/mol. The molecule has 1 saturated carbocycles. The van der Waals surface area contributed by atoms with Gasteiger partial charge in [0.1, 0.15) is 6.61 Å². The molecule has 4 atom stereocenters. The normalized spacial score (nSPS) is 25.4. The van der Waals surface area contributed by atoms with Gasteiger partial charge in [-0.1, -0.05) is 35.9 Å². The monoisotopic (exact) mass is 528 g/mol. The quantitative estimate of drug-likeness (QED) is 0.280. The lowest BCUT2D eigenvalue weighted by molar-refractivity contribution is -0.140. The van der Waals surface area contributed by atoms with Gasteiger partial charge in [-0.2, -0.15) is 10.1 Å². The highest BCUT2D eigenvalue weighted by atomic mass is 79.9. The van der Waals surface area contributed by atoms with Crippen LogP contribution >= 0.6 is 27.5 Å². The SMILES string of the molecule is CCOc1cc(C=NN2C(=O)[C@@H]3[C@H](C2=O)[C@H]2C=C[C@H]3C2)cc(Br)c1OCc1ccc(Cl)cc1. The van der Waals surface area contributed by atoms with E-state index in [0.29, 0.717) is 39.8 Å².